The van der Waals surface area contributed by atoms with E-state index < -0.39 is 17.7 Å². The molecule has 5 rings (SSSR count). The van der Waals surface area contributed by atoms with Gasteiger partial charge in [0.1, 0.15) is 23.8 Å². The van der Waals surface area contributed by atoms with Crippen molar-refractivity contribution in [2.45, 2.75) is 30.7 Å². The van der Waals surface area contributed by atoms with Gasteiger partial charge in [-0.15, -0.1) is 5.11 Å². The SMILES string of the molecule is COC12[C@@H]3N[C@@H]3CN1c1c(O)c(C)c(N=C3C=CN=N3)c(O)c1[C@@H]2COC(N)=O. The highest BCUT2D eigenvalue weighted by atomic mass is 16.6. The average Bonchev–Trinajstić information content (AvgIpc) is 3.05. The molecule has 0 saturated carbocycles. The second kappa shape index (κ2) is 5.91. The average molecular weight is 400 g/mol. The number of benzene rings is 1. The minimum absolute atomic E-state index is 0.0136. The van der Waals surface area contributed by atoms with Crippen LogP contribution in [0.15, 0.2) is 27.5 Å². The Hall–Kier alpha value is -3.18. The first-order chi connectivity index (χ1) is 13.9. The second-order valence-electron chi connectivity index (χ2n) is 7.43. The first kappa shape index (κ1) is 17.9. The number of carbonyl (C=O) groups is 1. The highest BCUT2D eigenvalue weighted by molar-refractivity contribution is 5.98. The molecule has 1 aromatic rings. The lowest BCUT2D eigenvalue weighted by Gasteiger charge is -2.38. The third-order valence-electron chi connectivity index (χ3n) is 6.12. The van der Waals surface area contributed by atoms with Crippen molar-refractivity contribution in [3.8, 4) is 11.5 Å². The third kappa shape index (κ3) is 2.25. The van der Waals surface area contributed by atoms with Crippen LogP contribution in [0.5, 0.6) is 11.5 Å². The number of aromatic hydroxyl groups is 2. The molecule has 152 valence electrons. The van der Waals surface area contributed by atoms with Crippen molar-refractivity contribution in [3.05, 3.63) is 23.4 Å². The number of azo groups is 1. The number of fused-ring (bicyclic) bond motifs is 5. The molecule has 0 spiro atoms. The summed E-state index contributed by atoms with van der Waals surface area (Å²) in [6, 6.07) is 0.145. The molecule has 4 aliphatic rings. The van der Waals surface area contributed by atoms with Gasteiger partial charge in [0, 0.05) is 36.9 Å². The molecular formula is C18H20N6O5. The van der Waals surface area contributed by atoms with Gasteiger partial charge in [-0.25, -0.2) is 9.79 Å². The Bertz CT molecular complexity index is 1010. The van der Waals surface area contributed by atoms with E-state index >= 15 is 0 Å². The van der Waals surface area contributed by atoms with E-state index in [4.69, 9.17) is 15.2 Å². The van der Waals surface area contributed by atoms with Crippen LogP contribution in [0.1, 0.15) is 17.0 Å². The lowest BCUT2D eigenvalue weighted by molar-refractivity contribution is -0.0337. The van der Waals surface area contributed by atoms with E-state index in [-0.39, 0.29) is 35.9 Å². The van der Waals surface area contributed by atoms with E-state index in [1.165, 1.54) is 6.20 Å². The van der Waals surface area contributed by atoms with Crippen LogP contribution < -0.4 is 16.0 Å². The van der Waals surface area contributed by atoms with Gasteiger partial charge in [-0.05, 0) is 6.92 Å². The van der Waals surface area contributed by atoms with Gasteiger partial charge in [-0.2, -0.15) is 5.11 Å². The summed E-state index contributed by atoms with van der Waals surface area (Å²) in [4.78, 5) is 17.6. The minimum atomic E-state index is -0.928. The summed E-state index contributed by atoms with van der Waals surface area (Å²) in [5.74, 6) is -0.428. The molecule has 11 heteroatoms. The predicted octanol–water partition coefficient (Wildman–Crippen LogP) is 1.11. The van der Waals surface area contributed by atoms with Crippen molar-refractivity contribution in [1.29, 1.82) is 0 Å². The molecule has 0 bridgehead atoms. The Balaban J connectivity index is 1.72. The number of amides is 1. The molecule has 29 heavy (non-hydrogen) atoms. The topological polar surface area (TPSA) is 164 Å². The van der Waals surface area contributed by atoms with Crippen molar-refractivity contribution < 1.29 is 24.5 Å². The Labute approximate surface area is 165 Å². The normalized spacial score (nSPS) is 31.9. The Morgan fingerprint density at radius 1 is 1.48 bits per heavy atom. The summed E-state index contributed by atoms with van der Waals surface area (Å²) in [6.45, 7) is 2.13. The molecule has 4 heterocycles. The van der Waals surface area contributed by atoms with E-state index in [0.29, 0.717) is 29.2 Å². The van der Waals surface area contributed by atoms with Gasteiger partial charge in [-0.3, -0.25) is 0 Å². The number of nitrogens with two attached hydrogens (primary N) is 1. The number of anilines is 1. The molecule has 1 aromatic carbocycles. The van der Waals surface area contributed by atoms with Gasteiger partial charge < -0.3 is 35.6 Å². The zero-order chi connectivity index (χ0) is 20.5. The number of phenolic OH excluding ortho intramolecular Hbond substituents is 2. The number of piperazine rings is 1. The molecule has 2 saturated heterocycles. The molecule has 1 unspecified atom stereocenters. The number of hydrogen-bond acceptors (Lipinski definition) is 9. The lowest BCUT2D eigenvalue weighted by Crippen LogP contribution is -2.54. The summed E-state index contributed by atoms with van der Waals surface area (Å²) in [5, 5.41) is 33.2. The van der Waals surface area contributed by atoms with Crippen LogP contribution in [-0.4, -0.2) is 60.2 Å². The summed E-state index contributed by atoms with van der Waals surface area (Å²) < 4.78 is 11.1. The highest BCUT2D eigenvalue weighted by Crippen LogP contribution is 2.64. The van der Waals surface area contributed by atoms with Crippen LogP contribution >= 0.6 is 0 Å². The number of methoxy groups -OCH3 is 1. The summed E-state index contributed by atoms with van der Waals surface area (Å²) in [5.41, 5.74) is 5.71. The van der Waals surface area contributed by atoms with Crippen LogP contribution in [-0.2, 0) is 9.47 Å². The maximum atomic E-state index is 11.3. The molecule has 11 nitrogen and oxygen atoms in total. The maximum absolute atomic E-state index is 11.3. The van der Waals surface area contributed by atoms with Gasteiger partial charge in [0.25, 0.3) is 0 Å². The molecule has 2 fully saturated rings. The Morgan fingerprint density at radius 3 is 2.93 bits per heavy atom. The molecule has 0 aliphatic carbocycles. The summed E-state index contributed by atoms with van der Waals surface area (Å²) in [7, 11) is 1.56. The van der Waals surface area contributed by atoms with Crippen molar-refractivity contribution in [1.82, 2.24) is 5.32 Å². The van der Waals surface area contributed by atoms with Crippen molar-refractivity contribution in [3.63, 3.8) is 0 Å². The molecule has 5 N–H and O–H groups in total. The van der Waals surface area contributed by atoms with Crippen molar-refractivity contribution >= 4 is 23.3 Å². The van der Waals surface area contributed by atoms with Crippen LogP contribution in [0.25, 0.3) is 0 Å². The number of ether oxygens (including phenoxy) is 2. The lowest BCUT2D eigenvalue weighted by atomic mass is 9.88. The zero-order valence-electron chi connectivity index (χ0n) is 15.8. The number of rotatable bonds is 4. The third-order valence-corrected chi connectivity index (χ3v) is 6.12. The Kier molecular flexibility index (Phi) is 3.64. The molecule has 4 aliphatic heterocycles. The highest BCUT2D eigenvalue weighted by Gasteiger charge is 2.71. The van der Waals surface area contributed by atoms with Crippen LogP contribution in [0.3, 0.4) is 0 Å². The van der Waals surface area contributed by atoms with Gasteiger partial charge in [0.05, 0.1) is 23.8 Å². The van der Waals surface area contributed by atoms with Crippen molar-refractivity contribution in [2.75, 3.05) is 25.2 Å². The summed E-state index contributed by atoms with van der Waals surface area (Å²) >= 11 is 0. The smallest absolute Gasteiger partial charge is 0.404 e. The first-order valence-electron chi connectivity index (χ1n) is 9.15. The first-order valence-corrected chi connectivity index (χ1v) is 9.15. The van der Waals surface area contributed by atoms with Crippen molar-refractivity contribution in [2.24, 2.45) is 21.0 Å². The number of nitrogens with zero attached hydrogens (tertiary/aromatic N) is 4. The molecule has 0 aromatic heterocycles. The number of aliphatic imine (C=N–C) groups is 1. The zero-order valence-corrected chi connectivity index (χ0v) is 15.8. The fraction of sp³-hybridized carbons (Fsp3) is 0.444. The second-order valence-corrected chi connectivity index (χ2v) is 7.43. The summed E-state index contributed by atoms with van der Waals surface area (Å²) in [6.07, 6.45) is 2.14. The van der Waals surface area contributed by atoms with Gasteiger partial charge in [0.2, 0.25) is 0 Å². The minimum Gasteiger partial charge on any atom is -0.505 e. The fourth-order valence-corrected chi connectivity index (χ4v) is 4.85. The molecular weight excluding hydrogens is 380 g/mol. The molecule has 4 atom stereocenters. The van der Waals surface area contributed by atoms with Gasteiger partial charge in [0.15, 0.2) is 11.6 Å². The Morgan fingerprint density at radius 2 is 2.28 bits per heavy atom. The number of phenols is 2. The van der Waals surface area contributed by atoms with E-state index in [0.717, 1.165) is 0 Å². The molecule has 0 radical (unpaired) electrons. The number of carbonyl (C=O) groups excluding carboxylic acids is 1. The van der Waals surface area contributed by atoms with Crippen LogP contribution in [0, 0.1) is 6.92 Å². The molecule has 1 amide bonds. The van der Waals surface area contributed by atoms with Gasteiger partial charge in [-0.1, -0.05) is 0 Å². The number of primary amides is 1. The van der Waals surface area contributed by atoms with Crippen LogP contribution in [0.2, 0.25) is 0 Å². The quantitative estimate of drug-likeness (QED) is 0.434. The van der Waals surface area contributed by atoms with E-state index in [2.05, 4.69) is 20.5 Å². The maximum Gasteiger partial charge on any atom is 0.404 e. The largest absolute Gasteiger partial charge is 0.505 e. The predicted molar refractivity (Wildman–Crippen MR) is 102 cm³/mol. The standard InChI is InChI=1S/C18H20N6O5/c1-7-12(22-10-3-4-20-23-10)15(26)11-8(6-29-17(19)27)18(28-2)16-9(21-16)5-24(18)13(11)14(7)25/h3-4,8-9,16,21,25-26H,5-6H2,1-2H3,(H2,19,27)/t8-,9+,16+,18?/m0/s1. The number of amidine groups is 1. The van der Waals surface area contributed by atoms with E-state index in [9.17, 15) is 15.0 Å². The van der Waals surface area contributed by atoms with Crippen LogP contribution in [0.4, 0.5) is 16.2 Å². The monoisotopic (exact) mass is 400 g/mol. The van der Waals surface area contributed by atoms with E-state index in [1.54, 1.807) is 20.1 Å². The number of nitrogens with one attached hydrogen (secondary N) is 1. The van der Waals surface area contributed by atoms with E-state index in [1.807, 2.05) is 4.90 Å². The van der Waals surface area contributed by atoms with Gasteiger partial charge >= 0.3 is 6.09 Å². The number of hydrogen-bond donors (Lipinski definition) is 4. The fourth-order valence-electron chi connectivity index (χ4n) is 4.85.